The molecule has 3 atom stereocenters. The van der Waals surface area contributed by atoms with E-state index >= 15 is 0 Å². The van der Waals surface area contributed by atoms with Gasteiger partial charge in [0.05, 0.1) is 16.9 Å². The number of carbonyl (C=O) groups is 1. The number of aliphatic hydroxyl groups is 1. The Labute approximate surface area is 244 Å². The highest BCUT2D eigenvalue weighted by Gasteiger charge is 2.60. The number of alkyl halides is 1. The number of anilines is 1. The number of hydrogen-bond acceptors (Lipinski definition) is 5. The standard InChI is InChI=1S/C30H25FINO6S/c31-22-10-12-23(13-11-22)33-29(36)26(15-16-27(34)19-5-2-1-3-6-19)30(33,32)21-9-14-25(28(35)18-21)20-7-4-8-24(17-20)40(37,38)39/h1-14,17-18,26-27,34-35H,15-16H2,(H,37,38,39)/t26-,27+,30+/m1/s1. The monoisotopic (exact) mass is 673 g/mol. The number of benzene rings is 4. The van der Waals surface area contributed by atoms with Crippen LogP contribution >= 0.6 is 22.6 Å². The molecule has 1 aliphatic rings. The summed E-state index contributed by atoms with van der Waals surface area (Å²) in [4.78, 5) is 14.7. The van der Waals surface area contributed by atoms with Crippen molar-refractivity contribution in [3.63, 3.8) is 0 Å². The van der Waals surface area contributed by atoms with E-state index in [-0.39, 0.29) is 16.6 Å². The number of aliphatic hydroxyl groups excluding tert-OH is 1. The lowest BCUT2D eigenvalue weighted by molar-refractivity contribution is -0.131. The summed E-state index contributed by atoms with van der Waals surface area (Å²) in [6.07, 6.45) is -0.0796. The highest BCUT2D eigenvalue weighted by molar-refractivity contribution is 14.1. The van der Waals surface area contributed by atoms with Crippen molar-refractivity contribution in [2.75, 3.05) is 4.90 Å². The van der Waals surface area contributed by atoms with Crippen molar-refractivity contribution >= 4 is 44.3 Å². The molecule has 0 bridgehead atoms. The van der Waals surface area contributed by atoms with E-state index in [1.54, 1.807) is 23.1 Å². The molecule has 5 rings (SSSR count). The molecule has 1 fully saturated rings. The van der Waals surface area contributed by atoms with Gasteiger partial charge in [-0.3, -0.25) is 14.2 Å². The third-order valence-corrected chi connectivity index (χ3v) is 9.86. The second-order valence-corrected chi connectivity index (χ2v) is 12.7. The van der Waals surface area contributed by atoms with Crippen LogP contribution in [0.2, 0.25) is 0 Å². The molecule has 40 heavy (non-hydrogen) atoms. The highest BCUT2D eigenvalue weighted by atomic mass is 127. The van der Waals surface area contributed by atoms with Crippen molar-refractivity contribution in [1.82, 2.24) is 0 Å². The van der Waals surface area contributed by atoms with E-state index in [2.05, 4.69) is 22.6 Å². The molecule has 1 heterocycles. The van der Waals surface area contributed by atoms with Crippen molar-refractivity contribution < 1.29 is 32.4 Å². The van der Waals surface area contributed by atoms with E-state index < -0.39 is 31.5 Å². The van der Waals surface area contributed by atoms with Gasteiger partial charge in [-0.1, -0.05) is 54.6 Å². The number of β-lactam (4-membered cyclic amide) rings is 1. The van der Waals surface area contributed by atoms with Gasteiger partial charge in [0, 0.05) is 11.3 Å². The van der Waals surface area contributed by atoms with Gasteiger partial charge in [0.1, 0.15) is 15.1 Å². The smallest absolute Gasteiger partial charge is 0.294 e. The average molecular weight is 674 g/mol. The Kier molecular flexibility index (Phi) is 7.71. The zero-order valence-electron chi connectivity index (χ0n) is 21.0. The fourth-order valence-corrected chi connectivity index (χ4v) is 7.06. The first-order valence-electron chi connectivity index (χ1n) is 12.4. The predicted octanol–water partition coefficient (Wildman–Crippen LogP) is 6.21. The van der Waals surface area contributed by atoms with Gasteiger partial charge in [-0.25, -0.2) is 4.39 Å². The van der Waals surface area contributed by atoms with Crippen molar-refractivity contribution in [2.45, 2.75) is 27.4 Å². The lowest BCUT2D eigenvalue weighted by atomic mass is 9.77. The molecule has 10 heteroatoms. The van der Waals surface area contributed by atoms with Gasteiger partial charge in [-0.15, -0.1) is 0 Å². The van der Waals surface area contributed by atoms with Crippen molar-refractivity contribution in [1.29, 1.82) is 0 Å². The molecule has 4 aromatic rings. The van der Waals surface area contributed by atoms with E-state index in [4.69, 9.17) is 0 Å². The number of rotatable bonds is 8. The number of nitrogens with zero attached hydrogens (tertiary/aromatic N) is 1. The van der Waals surface area contributed by atoms with Crippen LogP contribution in [0.1, 0.15) is 30.1 Å². The number of aromatic hydroxyl groups is 1. The van der Waals surface area contributed by atoms with Gasteiger partial charge in [0.25, 0.3) is 10.1 Å². The third-order valence-electron chi connectivity index (χ3n) is 7.15. The molecule has 1 aliphatic heterocycles. The summed E-state index contributed by atoms with van der Waals surface area (Å²) in [6.45, 7) is 0. The summed E-state index contributed by atoms with van der Waals surface area (Å²) in [5.41, 5.74) is 2.56. The highest BCUT2D eigenvalue weighted by Crippen LogP contribution is 2.56. The molecule has 0 aliphatic carbocycles. The van der Waals surface area contributed by atoms with Crippen LogP contribution in [0.4, 0.5) is 10.1 Å². The molecule has 3 N–H and O–H groups in total. The number of phenolic OH excluding ortho intramolecular Hbond substituents is 1. The lowest BCUT2D eigenvalue weighted by Gasteiger charge is -2.55. The minimum atomic E-state index is -4.43. The van der Waals surface area contributed by atoms with Crippen LogP contribution in [0.3, 0.4) is 0 Å². The fourth-order valence-electron chi connectivity index (χ4n) is 5.10. The quantitative estimate of drug-likeness (QED) is 0.0674. The van der Waals surface area contributed by atoms with Gasteiger partial charge in [-0.05, 0) is 94.6 Å². The summed E-state index contributed by atoms with van der Waals surface area (Å²) in [6, 6.07) is 25.2. The lowest BCUT2D eigenvalue weighted by Crippen LogP contribution is -2.65. The molecule has 4 aromatic carbocycles. The molecule has 0 saturated carbocycles. The number of amides is 1. The second-order valence-electron chi connectivity index (χ2n) is 9.61. The number of carbonyl (C=O) groups excluding carboxylic acids is 1. The predicted molar refractivity (Wildman–Crippen MR) is 157 cm³/mol. The summed E-state index contributed by atoms with van der Waals surface area (Å²) < 4.78 is 45.3. The third kappa shape index (κ3) is 5.24. The zero-order chi connectivity index (χ0) is 28.7. The van der Waals surface area contributed by atoms with Crippen LogP contribution in [0.15, 0.2) is 102 Å². The van der Waals surface area contributed by atoms with Crippen LogP contribution < -0.4 is 4.90 Å². The Morgan fingerprint density at radius 3 is 2.30 bits per heavy atom. The summed E-state index contributed by atoms with van der Waals surface area (Å²) in [5, 5.41) is 21.8. The van der Waals surface area contributed by atoms with Crippen molar-refractivity contribution in [2.24, 2.45) is 5.92 Å². The molecule has 0 aromatic heterocycles. The fraction of sp³-hybridized carbons (Fsp3) is 0.167. The van der Waals surface area contributed by atoms with E-state index in [0.717, 1.165) is 5.56 Å². The van der Waals surface area contributed by atoms with Crippen LogP contribution in [0.5, 0.6) is 5.75 Å². The maximum Gasteiger partial charge on any atom is 0.294 e. The molecule has 1 saturated heterocycles. The first-order valence-corrected chi connectivity index (χ1v) is 14.9. The Bertz CT molecular complexity index is 1670. The molecular weight excluding hydrogens is 648 g/mol. The van der Waals surface area contributed by atoms with Crippen LogP contribution in [-0.4, -0.2) is 29.1 Å². The Morgan fingerprint density at radius 1 is 0.950 bits per heavy atom. The van der Waals surface area contributed by atoms with Gasteiger partial charge >= 0.3 is 0 Å². The normalized spacial score (nSPS) is 19.8. The molecule has 1 amide bonds. The Hall–Kier alpha value is -3.32. The van der Waals surface area contributed by atoms with E-state index in [0.29, 0.717) is 35.2 Å². The van der Waals surface area contributed by atoms with E-state index in [1.807, 2.05) is 30.3 Å². The van der Waals surface area contributed by atoms with Crippen molar-refractivity contribution in [3.05, 3.63) is 114 Å². The van der Waals surface area contributed by atoms with Crippen LogP contribution in [-0.2, 0) is 18.5 Å². The molecule has 0 unspecified atom stereocenters. The maximum atomic E-state index is 13.7. The largest absolute Gasteiger partial charge is 0.507 e. The van der Waals surface area contributed by atoms with E-state index in [1.165, 1.54) is 48.5 Å². The minimum Gasteiger partial charge on any atom is -0.507 e. The molecule has 206 valence electrons. The maximum absolute atomic E-state index is 13.7. The number of phenols is 1. The van der Waals surface area contributed by atoms with Crippen LogP contribution in [0, 0.1) is 11.7 Å². The first kappa shape index (κ1) is 28.2. The topological polar surface area (TPSA) is 115 Å². The molecule has 0 spiro atoms. The first-order chi connectivity index (χ1) is 19.0. The molecule has 7 nitrogen and oxygen atoms in total. The Balaban J connectivity index is 1.51. The SMILES string of the molecule is O=C1[C@@H](CC[C@H](O)c2ccccc2)[C@](I)(c2ccc(-c3cccc(S(=O)(=O)O)c3)c(O)c2)N1c1ccc(F)cc1. The number of hydrogen-bond donors (Lipinski definition) is 3. The summed E-state index contributed by atoms with van der Waals surface area (Å²) in [5.74, 6) is -1.33. The Morgan fingerprint density at radius 2 is 1.65 bits per heavy atom. The minimum absolute atomic E-state index is 0.150. The van der Waals surface area contributed by atoms with Crippen LogP contribution in [0.25, 0.3) is 11.1 Å². The van der Waals surface area contributed by atoms with Gasteiger partial charge < -0.3 is 10.2 Å². The zero-order valence-corrected chi connectivity index (χ0v) is 24.0. The van der Waals surface area contributed by atoms with E-state index in [9.17, 15) is 32.4 Å². The average Bonchev–Trinajstić information content (AvgIpc) is 2.94. The second kappa shape index (κ2) is 10.9. The van der Waals surface area contributed by atoms with Gasteiger partial charge in [0.15, 0.2) is 0 Å². The number of halogens is 2. The molecule has 0 radical (unpaired) electrons. The van der Waals surface area contributed by atoms with Gasteiger partial charge in [0.2, 0.25) is 5.91 Å². The van der Waals surface area contributed by atoms with Gasteiger partial charge in [-0.2, -0.15) is 8.42 Å². The summed E-state index contributed by atoms with van der Waals surface area (Å²) >= 11 is 2.17. The summed E-state index contributed by atoms with van der Waals surface area (Å²) in [7, 11) is -4.43. The van der Waals surface area contributed by atoms with Crippen molar-refractivity contribution in [3.8, 4) is 16.9 Å². The molecular formula is C30H25FINO6S.